The fourth-order valence-electron chi connectivity index (χ4n) is 2.71. The predicted octanol–water partition coefficient (Wildman–Crippen LogP) is 4.83. The van der Waals surface area contributed by atoms with E-state index < -0.39 is 0 Å². The van der Waals surface area contributed by atoms with Crippen molar-refractivity contribution in [3.63, 3.8) is 0 Å². The van der Waals surface area contributed by atoms with Gasteiger partial charge in [0.25, 0.3) is 0 Å². The lowest BCUT2D eigenvalue weighted by molar-refractivity contribution is -0.122. The van der Waals surface area contributed by atoms with Gasteiger partial charge in [0.15, 0.2) is 0 Å². The van der Waals surface area contributed by atoms with Crippen LogP contribution < -0.4 is 5.32 Å². The molecule has 2 nitrogen and oxygen atoms in total. The number of benzene rings is 2. The van der Waals surface area contributed by atoms with Gasteiger partial charge in [0.1, 0.15) is 5.82 Å². The van der Waals surface area contributed by atoms with Crippen LogP contribution in [0, 0.1) is 11.7 Å². The third kappa shape index (κ3) is 4.92. The van der Waals surface area contributed by atoms with Crippen LogP contribution in [-0.4, -0.2) is 5.91 Å². The summed E-state index contributed by atoms with van der Waals surface area (Å²) in [6, 6.07) is 16.3. The Morgan fingerprint density at radius 1 is 0.957 bits per heavy atom. The highest BCUT2D eigenvalue weighted by Gasteiger charge is 2.20. The lowest BCUT2D eigenvalue weighted by atomic mass is 9.94. The van der Waals surface area contributed by atoms with Crippen molar-refractivity contribution < 1.29 is 9.18 Å². The van der Waals surface area contributed by atoms with Gasteiger partial charge in [-0.25, -0.2) is 4.39 Å². The number of carbonyl (C=O) groups excluding carboxylic acids is 1. The van der Waals surface area contributed by atoms with Crippen LogP contribution in [0.15, 0.2) is 54.6 Å². The van der Waals surface area contributed by atoms with Gasteiger partial charge in [-0.2, -0.15) is 0 Å². The molecule has 0 aliphatic heterocycles. The molecule has 0 aromatic heterocycles. The van der Waals surface area contributed by atoms with E-state index >= 15 is 0 Å². The summed E-state index contributed by atoms with van der Waals surface area (Å²) in [4.78, 5) is 12.4. The Labute approximate surface area is 137 Å². The molecule has 1 N–H and O–H groups in total. The number of hydrogen-bond donors (Lipinski definition) is 1. The normalized spacial score (nSPS) is 13.6. The summed E-state index contributed by atoms with van der Waals surface area (Å²) in [5.74, 6) is 0.151. The summed E-state index contributed by atoms with van der Waals surface area (Å²) >= 11 is 0. The summed E-state index contributed by atoms with van der Waals surface area (Å²) in [6.07, 6.45) is 0.439. The first-order chi connectivity index (χ1) is 11.0. The van der Waals surface area contributed by atoms with Gasteiger partial charge in [-0.3, -0.25) is 4.79 Å². The van der Waals surface area contributed by atoms with Crippen molar-refractivity contribution in [3.05, 3.63) is 71.5 Å². The second-order valence-electron chi connectivity index (χ2n) is 6.36. The highest BCUT2D eigenvalue weighted by molar-refractivity contribution is 5.77. The molecule has 2 aromatic rings. The van der Waals surface area contributed by atoms with Gasteiger partial charge in [0, 0.05) is 6.42 Å². The van der Waals surface area contributed by atoms with Gasteiger partial charge in [-0.05, 0) is 35.1 Å². The molecule has 23 heavy (non-hydrogen) atoms. The van der Waals surface area contributed by atoms with E-state index in [2.05, 4.69) is 26.1 Å². The van der Waals surface area contributed by atoms with Crippen LogP contribution in [0.5, 0.6) is 0 Å². The van der Waals surface area contributed by atoms with Crippen molar-refractivity contribution in [2.24, 2.45) is 5.92 Å². The third-order valence-electron chi connectivity index (χ3n) is 4.07. The van der Waals surface area contributed by atoms with E-state index in [0.29, 0.717) is 6.42 Å². The zero-order chi connectivity index (χ0) is 16.8. The van der Waals surface area contributed by atoms with Crippen molar-refractivity contribution in [2.45, 2.75) is 39.2 Å². The van der Waals surface area contributed by atoms with Crippen LogP contribution in [-0.2, 0) is 4.79 Å². The minimum atomic E-state index is -0.264. The maximum atomic E-state index is 13.1. The Kier molecular flexibility index (Phi) is 5.91. The molecule has 2 rings (SSSR count). The lowest BCUT2D eigenvalue weighted by Crippen LogP contribution is -2.32. The summed E-state index contributed by atoms with van der Waals surface area (Å²) in [5, 5.41) is 3.09. The van der Waals surface area contributed by atoms with E-state index in [0.717, 1.165) is 11.1 Å². The van der Waals surface area contributed by atoms with E-state index in [-0.39, 0.29) is 29.6 Å². The van der Waals surface area contributed by atoms with Crippen LogP contribution in [0.3, 0.4) is 0 Å². The largest absolute Gasteiger partial charge is 0.349 e. The fraction of sp³-hybridized carbons (Fsp3) is 0.350. The molecule has 0 aliphatic rings. The van der Waals surface area contributed by atoms with Crippen molar-refractivity contribution in [1.29, 1.82) is 0 Å². The molecule has 122 valence electrons. The second kappa shape index (κ2) is 7.91. The first kappa shape index (κ1) is 17.2. The molecule has 2 unspecified atom stereocenters. The summed E-state index contributed by atoms with van der Waals surface area (Å²) in [7, 11) is 0. The van der Waals surface area contributed by atoms with Gasteiger partial charge >= 0.3 is 0 Å². The highest BCUT2D eigenvalue weighted by Crippen LogP contribution is 2.24. The highest BCUT2D eigenvalue weighted by atomic mass is 19.1. The van der Waals surface area contributed by atoms with Gasteiger partial charge in [0.05, 0.1) is 6.04 Å². The minimum Gasteiger partial charge on any atom is -0.349 e. The minimum absolute atomic E-state index is 0.0179. The van der Waals surface area contributed by atoms with Crippen LogP contribution in [0.1, 0.15) is 50.3 Å². The predicted molar refractivity (Wildman–Crippen MR) is 91.6 cm³/mol. The molecule has 2 aromatic carbocycles. The Hall–Kier alpha value is -2.16. The number of nitrogens with one attached hydrogen (secondary N) is 1. The number of amides is 1. The zero-order valence-corrected chi connectivity index (χ0v) is 13.9. The average molecular weight is 313 g/mol. The lowest BCUT2D eigenvalue weighted by Gasteiger charge is -2.24. The van der Waals surface area contributed by atoms with Crippen LogP contribution in [0.4, 0.5) is 4.39 Å². The smallest absolute Gasteiger partial charge is 0.221 e. The van der Waals surface area contributed by atoms with E-state index in [1.807, 2.05) is 30.3 Å². The van der Waals surface area contributed by atoms with Gasteiger partial charge < -0.3 is 5.32 Å². The summed E-state index contributed by atoms with van der Waals surface area (Å²) in [6.45, 7) is 6.15. The Morgan fingerprint density at radius 2 is 1.57 bits per heavy atom. The molecular weight excluding hydrogens is 289 g/mol. The quantitative estimate of drug-likeness (QED) is 0.813. The Balaban J connectivity index is 2.02. The van der Waals surface area contributed by atoms with Gasteiger partial charge in [-0.15, -0.1) is 0 Å². The third-order valence-corrected chi connectivity index (χ3v) is 4.07. The molecule has 3 heteroatoms. The summed E-state index contributed by atoms with van der Waals surface area (Å²) < 4.78 is 13.1. The van der Waals surface area contributed by atoms with E-state index in [1.54, 1.807) is 12.1 Å². The van der Waals surface area contributed by atoms with Crippen molar-refractivity contribution in [3.8, 4) is 0 Å². The first-order valence-corrected chi connectivity index (χ1v) is 8.07. The maximum absolute atomic E-state index is 13.1. The number of carbonyl (C=O) groups is 1. The number of halogens is 1. The Bertz CT molecular complexity index is 622. The first-order valence-electron chi connectivity index (χ1n) is 8.07. The molecule has 0 saturated heterocycles. The topological polar surface area (TPSA) is 29.1 Å². The van der Waals surface area contributed by atoms with Crippen LogP contribution in [0.2, 0.25) is 0 Å². The molecule has 1 amide bonds. The fourth-order valence-corrected chi connectivity index (χ4v) is 2.71. The number of hydrogen-bond acceptors (Lipinski definition) is 1. The molecule has 0 aliphatic carbocycles. The molecule has 0 radical (unpaired) electrons. The number of rotatable bonds is 6. The van der Waals surface area contributed by atoms with Crippen molar-refractivity contribution in [1.82, 2.24) is 5.32 Å². The molecule has 0 fully saturated rings. The zero-order valence-electron chi connectivity index (χ0n) is 13.9. The van der Waals surface area contributed by atoms with E-state index in [1.165, 1.54) is 12.1 Å². The monoisotopic (exact) mass is 313 g/mol. The van der Waals surface area contributed by atoms with Gasteiger partial charge in [-0.1, -0.05) is 63.2 Å². The van der Waals surface area contributed by atoms with Crippen LogP contribution in [0.25, 0.3) is 0 Å². The maximum Gasteiger partial charge on any atom is 0.221 e. The van der Waals surface area contributed by atoms with E-state index in [9.17, 15) is 9.18 Å². The Morgan fingerprint density at radius 3 is 2.13 bits per heavy atom. The average Bonchev–Trinajstić information content (AvgIpc) is 2.54. The molecule has 0 bridgehead atoms. The second-order valence-corrected chi connectivity index (χ2v) is 6.36. The molecule has 0 spiro atoms. The molecule has 0 saturated carbocycles. The van der Waals surface area contributed by atoms with Gasteiger partial charge in [0.2, 0.25) is 5.91 Å². The van der Waals surface area contributed by atoms with Crippen molar-refractivity contribution in [2.75, 3.05) is 0 Å². The standard InChI is InChI=1S/C20H24FNO/c1-14(2)20(17-9-11-18(21)12-10-17)22-19(23)13-15(3)16-7-5-4-6-8-16/h4-12,14-15,20H,13H2,1-3H3,(H,22,23). The molecule has 2 atom stereocenters. The molecule has 0 heterocycles. The summed E-state index contributed by atoms with van der Waals surface area (Å²) in [5.41, 5.74) is 2.09. The van der Waals surface area contributed by atoms with Crippen molar-refractivity contribution >= 4 is 5.91 Å². The van der Waals surface area contributed by atoms with E-state index in [4.69, 9.17) is 0 Å². The molecular formula is C20H24FNO. The van der Waals surface area contributed by atoms with Crippen LogP contribution >= 0.6 is 0 Å². The SMILES string of the molecule is CC(CC(=O)NC(c1ccc(F)cc1)C(C)C)c1ccccc1.